The third-order valence-electron chi connectivity index (χ3n) is 5.33. The second-order valence-electron chi connectivity index (χ2n) is 7.14. The average Bonchev–Trinajstić information content (AvgIpc) is 2.95. The van der Waals surface area contributed by atoms with Gasteiger partial charge in [0.2, 0.25) is 0 Å². The molecule has 1 unspecified atom stereocenters. The molecular weight excluding hydrogens is 373 g/mol. The van der Waals surface area contributed by atoms with Gasteiger partial charge in [-0.3, -0.25) is 4.33 Å². The van der Waals surface area contributed by atoms with Crippen molar-refractivity contribution in [2.24, 2.45) is 0 Å². The van der Waals surface area contributed by atoms with Crippen LogP contribution in [0.5, 0.6) is 0 Å². The average molecular weight is 395 g/mol. The van der Waals surface area contributed by atoms with E-state index in [4.69, 9.17) is 4.20 Å². The van der Waals surface area contributed by atoms with Crippen molar-refractivity contribution in [3.05, 3.63) is 115 Å². The summed E-state index contributed by atoms with van der Waals surface area (Å²) < 4.78 is 9.24. The van der Waals surface area contributed by atoms with Crippen LogP contribution in [-0.2, 0) is 0 Å². The van der Waals surface area contributed by atoms with Crippen LogP contribution in [0.25, 0.3) is 27.2 Å². The van der Waals surface area contributed by atoms with E-state index >= 15 is 0 Å². The van der Waals surface area contributed by atoms with Crippen LogP contribution in [0.4, 0.5) is 0 Å². The highest BCUT2D eigenvalue weighted by molar-refractivity contribution is 7.48. The molecule has 3 heteroatoms. The van der Waals surface area contributed by atoms with Crippen molar-refractivity contribution in [1.29, 1.82) is 0 Å². The van der Waals surface area contributed by atoms with Crippen molar-refractivity contribution in [2.75, 3.05) is 0 Å². The Hall–Kier alpha value is -3.22. The molecule has 5 rings (SSSR count). The van der Waals surface area contributed by atoms with E-state index in [0.717, 1.165) is 11.0 Å². The number of rotatable bonds is 3. The highest BCUT2D eigenvalue weighted by atomic mass is 31.1. The summed E-state index contributed by atoms with van der Waals surface area (Å²) in [6.45, 7) is 2.27. The van der Waals surface area contributed by atoms with Gasteiger partial charge in [0.1, 0.15) is 5.58 Å². The first-order chi connectivity index (χ1) is 14.3. The van der Waals surface area contributed by atoms with E-state index in [2.05, 4.69) is 120 Å². The van der Waals surface area contributed by atoms with Crippen molar-refractivity contribution in [1.82, 2.24) is 4.33 Å². The minimum Gasteiger partial charge on any atom is -0.429 e. The summed E-state index contributed by atoms with van der Waals surface area (Å²) in [7, 11) is -1.06. The van der Waals surface area contributed by atoms with Crippen LogP contribution in [0.2, 0.25) is 0 Å². The molecule has 142 valence electrons. The normalized spacial score (nSPS) is 12.8. The second kappa shape index (κ2) is 7.66. The SMILES string of the molecule is C[C@H](c1ccccc1)n1c2ccccc2c2ccccc2op1-c1ccccc1. The third kappa shape index (κ3) is 3.26. The Balaban J connectivity index is 1.97. The molecule has 0 bridgehead atoms. The van der Waals surface area contributed by atoms with E-state index in [1.165, 1.54) is 21.8 Å². The van der Waals surface area contributed by atoms with Gasteiger partial charge in [0.25, 0.3) is 0 Å². The molecule has 0 aliphatic rings. The number of fused-ring (bicyclic) bond motifs is 3. The summed E-state index contributed by atoms with van der Waals surface area (Å²) >= 11 is 0. The van der Waals surface area contributed by atoms with E-state index in [0.29, 0.717) is 0 Å². The quantitative estimate of drug-likeness (QED) is 0.302. The van der Waals surface area contributed by atoms with Gasteiger partial charge in [0.15, 0.2) is 7.93 Å². The number of hydrogen-bond donors (Lipinski definition) is 0. The van der Waals surface area contributed by atoms with Gasteiger partial charge >= 0.3 is 0 Å². The minimum atomic E-state index is -1.06. The summed E-state index contributed by atoms with van der Waals surface area (Å²) in [5.41, 5.74) is 3.43. The summed E-state index contributed by atoms with van der Waals surface area (Å²) in [5.74, 6) is 0. The molecule has 0 saturated carbocycles. The first-order valence-electron chi connectivity index (χ1n) is 9.88. The van der Waals surface area contributed by atoms with Gasteiger partial charge in [0.05, 0.1) is 11.6 Å². The first-order valence-corrected chi connectivity index (χ1v) is 11.1. The van der Waals surface area contributed by atoms with Crippen LogP contribution in [0.3, 0.4) is 0 Å². The molecule has 4 aromatic carbocycles. The molecule has 1 aromatic heterocycles. The molecule has 0 radical (unpaired) electrons. The molecule has 29 heavy (non-hydrogen) atoms. The second-order valence-corrected chi connectivity index (χ2v) is 8.82. The van der Waals surface area contributed by atoms with E-state index in [1.54, 1.807) is 0 Å². The van der Waals surface area contributed by atoms with Gasteiger partial charge in [-0.2, -0.15) is 0 Å². The predicted octanol–water partition coefficient (Wildman–Crippen LogP) is 8.10. The summed E-state index contributed by atoms with van der Waals surface area (Å²) in [5, 5.41) is 3.57. The number of para-hydroxylation sites is 2. The van der Waals surface area contributed by atoms with E-state index in [-0.39, 0.29) is 6.04 Å². The zero-order valence-corrected chi connectivity index (χ0v) is 17.2. The van der Waals surface area contributed by atoms with E-state index < -0.39 is 7.93 Å². The Morgan fingerprint density at radius 1 is 0.655 bits per heavy atom. The Bertz CT molecular complexity index is 1310. The lowest BCUT2D eigenvalue weighted by atomic mass is 10.1. The lowest BCUT2D eigenvalue weighted by molar-refractivity contribution is 0.669. The van der Waals surface area contributed by atoms with Crippen LogP contribution >= 0.6 is 7.93 Å². The third-order valence-corrected chi connectivity index (χ3v) is 7.40. The van der Waals surface area contributed by atoms with E-state index in [1.807, 2.05) is 0 Å². The van der Waals surface area contributed by atoms with Crippen molar-refractivity contribution in [3.8, 4) is 5.30 Å². The van der Waals surface area contributed by atoms with Crippen LogP contribution < -0.4 is 0 Å². The summed E-state index contributed by atoms with van der Waals surface area (Å²) in [4.78, 5) is 0. The van der Waals surface area contributed by atoms with Gasteiger partial charge in [-0.05, 0) is 36.8 Å². The monoisotopic (exact) mass is 395 g/mol. The minimum absolute atomic E-state index is 0.165. The summed E-state index contributed by atoms with van der Waals surface area (Å²) in [6, 6.07) is 38.5. The van der Waals surface area contributed by atoms with Gasteiger partial charge in [0, 0.05) is 16.1 Å². The molecule has 0 amide bonds. The zero-order valence-electron chi connectivity index (χ0n) is 16.3. The van der Waals surface area contributed by atoms with Crippen molar-refractivity contribution in [2.45, 2.75) is 13.0 Å². The Morgan fingerprint density at radius 3 is 2.00 bits per heavy atom. The lowest BCUT2D eigenvalue weighted by Crippen LogP contribution is -2.05. The molecule has 0 spiro atoms. The zero-order chi connectivity index (χ0) is 19.6. The molecule has 0 aliphatic carbocycles. The van der Waals surface area contributed by atoms with Gasteiger partial charge in [-0.15, -0.1) is 0 Å². The maximum atomic E-state index is 6.77. The maximum Gasteiger partial charge on any atom is 0.154 e. The van der Waals surface area contributed by atoms with Crippen LogP contribution in [0.1, 0.15) is 18.5 Å². The highest BCUT2D eigenvalue weighted by Gasteiger charge is 2.17. The molecular formula is C26H22NOP. The van der Waals surface area contributed by atoms with Gasteiger partial charge < -0.3 is 4.20 Å². The smallest absolute Gasteiger partial charge is 0.154 e. The van der Waals surface area contributed by atoms with Crippen LogP contribution in [-0.4, -0.2) is 4.33 Å². The fourth-order valence-electron chi connectivity index (χ4n) is 3.88. The number of aromatic nitrogens is 1. The Labute approximate surface area is 171 Å². The van der Waals surface area contributed by atoms with Crippen molar-refractivity contribution < 1.29 is 4.20 Å². The first kappa shape index (κ1) is 17.8. The molecule has 1 heterocycles. The molecule has 2 atom stereocenters. The van der Waals surface area contributed by atoms with E-state index in [9.17, 15) is 0 Å². The molecule has 0 fully saturated rings. The molecule has 0 N–H and O–H groups in total. The van der Waals surface area contributed by atoms with Crippen LogP contribution in [0.15, 0.2) is 113 Å². The maximum absolute atomic E-state index is 6.77. The predicted molar refractivity (Wildman–Crippen MR) is 124 cm³/mol. The topological polar surface area (TPSA) is 18.1 Å². The van der Waals surface area contributed by atoms with Crippen LogP contribution in [0, 0.1) is 0 Å². The Morgan fingerprint density at radius 2 is 1.24 bits per heavy atom. The van der Waals surface area contributed by atoms with Gasteiger partial charge in [-0.25, -0.2) is 0 Å². The number of hydrogen-bond acceptors (Lipinski definition) is 1. The molecule has 0 aliphatic heterocycles. The standard InChI is InChI=1S/C26H22NOP/c1-20(21-12-4-2-5-13-21)27-25-18-10-8-16-23(25)24-17-9-11-19-26(24)28-29(27)22-14-6-3-7-15-22/h2-20H,1H3/t20-,29?/m1/s1. The Kier molecular flexibility index (Phi) is 4.71. The molecule has 5 aromatic rings. The van der Waals surface area contributed by atoms with Gasteiger partial charge in [-0.1, -0.05) is 84.9 Å². The fraction of sp³-hybridized carbons (Fsp3) is 0.0769. The lowest BCUT2D eigenvalue weighted by Gasteiger charge is -2.20. The number of nitrogens with zero attached hydrogens (tertiary/aromatic N) is 1. The highest BCUT2D eigenvalue weighted by Crippen LogP contribution is 2.45. The van der Waals surface area contributed by atoms with Crippen molar-refractivity contribution >= 4 is 29.8 Å². The largest absolute Gasteiger partial charge is 0.429 e. The molecule has 0 saturated heterocycles. The van der Waals surface area contributed by atoms with Crippen molar-refractivity contribution in [3.63, 3.8) is 0 Å². The number of benzene rings is 4. The fourth-order valence-corrected chi connectivity index (χ4v) is 5.91. The summed E-state index contributed by atoms with van der Waals surface area (Å²) in [6.07, 6.45) is 0. The molecule has 2 nitrogen and oxygen atoms in total.